The quantitative estimate of drug-likeness (QED) is 0.652. The minimum absolute atomic E-state index is 0.117. The molecule has 5 rings (SSSR count). The van der Waals surface area contributed by atoms with E-state index in [-0.39, 0.29) is 18.6 Å². The van der Waals surface area contributed by atoms with Gasteiger partial charge in [-0.15, -0.1) is 0 Å². The van der Waals surface area contributed by atoms with Gasteiger partial charge in [0.15, 0.2) is 11.5 Å². The highest BCUT2D eigenvalue weighted by Crippen LogP contribution is 2.38. The van der Waals surface area contributed by atoms with Crippen molar-refractivity contribution >= 4 is 11.6 Å². The average Bonchev–Trinajstić information content (AvgIpc) is 3.44. The summed E-state index contributed by atoms with van der Waals surface area (Å²) < 4.78 is 13.1. The smallest absolute Gasteiger partial charge is 0.231 e. The van der Waals surface area contributed by atoms with Crippen LogP contribution in [0, 0.1) is 0 Å². The molecule has 1 aromatic carbocycles. The number of pyridine rings is 1. The average molecular weight is 406 g/mol. The second kappa shape index (κ2) is 7.99. The molecule has 1 amide bonds. The molecule has 2 aliphatic rings. The maximum Gasteiger partial charge on any atom is 0.231 e. The molecule has 1 saturated heterocycles. The van der Waals surface area contributed by atoms with E-state index in [2.05, 4.69) is 21.2 Å². The molecule has 3 aromatic rings. The number of carbonyl (C=O) groups excluding carboxylic acids is 1. The zero-order valence-electron chi connectivity index (χ0n) is 17.2. The monoisotopic (exact) mass is 406 g/mol. The SMILES string of the molecule is CCN1CCN(C(=O)CC(c2ccc3c(c2)OCO3)c2cnc3ccccn23)CC1. The Kier molecular flexibility index (Phi) is 5.04. The van der Waals surface area contributed by atoms with Gasteiger partial charge in [0.1, 0.15) is 5.65 Å². The van der Waals surface area contributed by atoms with Crippen LogP contribution in [0.4, 0.5) is 0 Å². The first-order valence-corrected chi connectivity index (χ1v) is 10.5. The van der Waals surface area contributed by atoms with Crippen molar-refractivity contribution in [2.45, 2.75) is 19.3 Å². The third-order valence-electron chi connectivity index (χ3n) is 6.15. The second-order valence-electron chi connectivity index (χ2n) is 7.80. The van der Waals surface area contributed by atoms with E-state index in [1.807, 2.05) is 53.7 Å². The fraction of sp³-hybridized carbons (Fsp3) is 0.391. The van der Waals surface area contributed by atoms with E-state index in [4.69, 9.17) is 9.47 Å². The molecule has 2 aliphatic heterocycles. The predicted octanol–water partition coefficient (Wildman–Crippen LogP) is 2.75. The second-order valence-corrected chi connectivity index (χ2v) is 7.80. The number of fused-ring (bicyclic) bond motifs is 2. The van der Waals surface area contributed by atoms with Crippen molar-refractivity contribution in [3.63, 3.8) is 0 Å². The van der Waals surface area contributed by atoms with Crippen molar-refractivity contribution in [3.8, 4) is 11.5 Å². The van der Waals surface area contributed by atoms with Gasteiger partial charge >= 0.3 is 0 Å². The first-order chi connectivity index (χ1) is 14.7. The van der Waals surface area contributed by atoms with Gasteiger partial charge in [-0.25, -0.2) is 4.98 Å². The summed E-state index contributed by atoms with van der Waals surface area (Å²) in [7, 11) is 0. The Bertz CT molecular complexity index is 1060. The van der Waals surface area contributed by atoms with E-state index in [0.29, 0.717) is 6.42 Å². The number of ether oxygens (including phenoxy) is 2. The Labute approximate surface area is 175 Å². The molecule has 0 saturated carbocycles. The van der Waals surface area contributed by atoms with Crippen LogP contribution in [0.2, 0.25) is 0 Å². The van der Waals surface area contributed by atoms with Gasteiger partial charge in [0.2, 0.25) is 12.7 Å². The number of likely N-dealkylation sites (N-methyl/N-ethyl adjacent to an activating group) is 1. The summed E-state index contributed by atoms with van der Waals surface area (Å²) in [6, 6.07) is 11.9. The van der Waals surface area contributed by atoms with Gasteiger partial charge in [-0.3, -0.25) is 4.79 Å². The molecule has 0 spiro atoms. The summed E-state index contributed by atoms with van der Waals surface area (Å²) in [5.41, 5.74) is 2.91. The van der Waals surface area contributed by atoms with Crippen molar-refractivity contribution in [2.75, 3.05) is 39.5 Å². The van der Waals surface area contributed by atoms with Gasteiger partial charge in [-0.1, -0.05) is 19.1 Å². The molecule has 30 heavy (non-hydrogen) atoms. The van der Waals surface area contributed by atoms with Gasteiger partial charge in [-0.05, 0) is 36.4 Å². The topological polar surface area (TPSA) is 59.3 Å². The summed E-state index contributed by atoms with van der Waals surface area (Å²) in [5, 5.41) is 0. The summed E-state index contributed by atoms with van der Waals surface area (Å²) in [5.74, 6) is 1.54. The third kappa shape index (κ3) is 3.50. The van der Waals surface area contributed by atoms with E-state index in [9.17, 15) is 4.79 Å². The number of amides is 1. The summed E-state index contributed by atoms with van der Waals surface area (Å²) in [4.78, 5) is 22.2. The van der Waals surface area contributed by atoms with Gasteiger partial charge in [-0.2, -0.15) is 0 Å². The van der Waals surface area contributed by atoms with Crippen molar-refractivity contribution < 1.29 is 14.3 Å². The number of aromatic nitrogens is 2. The highest BCUT2D eigenvalue weighted by atomic mass is 16.7. The zero-order chi connectivity index (χ0) is 20.5. The molecule has 0 radical (unpaired) electrons. The minimum Gasteiger partial charge on any atom is -0.454 e. The van der Waals surface area contributed by atoms with E-state index in [1.165, 1.54) is 0 Å². The van der Waals surface area contributed by atoms with E-state index < -0.39 is 0 Å². The molecule has 0 bridgehead atoms. The third-order valence-corrected chi connectivity index (χ3v) is 6.15. The Morgan fingerprint density at radius 3 is 2.77 bits per heavy atom. The highest BCUT2D eigenvalue weighted by Gasteiger charge is 2.28. The highest BCUT2D eigenvalue weighted by molar-refractivity contribution is 5.78. The fourth-order valence-corrected chi connectivity index (χ4v) is 4.35. The van der Waals surface area contributed by atoms with Crippen molar-refractivity contribution in [3.05, 3.63) is 60.0 Å². The molecule has 1 fully saturated rings. The Hall–Kier alpha value is -3.06. The molecule has 4 heterocycles. The van der Waals surface area contributed by atoms with Gasteiger partial charge in [0.25, 0.3) is 0 Å². The van der Waals surface area contributed by atoms with E-state index in [1.54, 1.807) is 0 Å². The molecule has 0 aliphatic carbocycles. The van der Waals surface area contributed by atoms with Gasteiger partial charge < -0.3 is 23.7 Å². The fourth-order valence-electron chi connectivity index (χ4n) is 4.35. The molecule has 156 valence electrons. The lowest BCUT2D eigenvalue weighted by Gasteiger charge is -2.34. The number of benzene rings is 1. The van der Waals surface area contributed by atoms with Crippen LogP contribution < -0.4 is 9.47 Å². The van der Waals surface area contributed by atoms with Crippen LogP contribution in [0.5, 0.6) is 11.5 Å². The van der Waals surface area contributed by atoms with Crippen LogP contribution in [0.1, 0.15) is 30.5 Å². The maximum atomic E-state index is 13.3. The van der Waals surface area contributed by atoms with Crippen molar-refractivity contribution in [2.24, 2.45) is 0 Å². The van der Waals surface area contributed by atoms with Crippen molar-refractivity contribution in [1.29, 1.82) is 0 Å². The van der Waals surface area contributed by atoms with Gasteiger partial charge in [0.05, 0.1) is 5.69 Å². The van der Waals surface area contributed by atoms with Crippen molar-refractivity contribution in [1.82, 2.24) is 19.2 Å². The molecule has 1 atom stereocenters. The summed E-state index contributed by atoms with van der Waals surface area (Å²) in [6.07, 6.45) is 4.28. The van der Waals surface area contributed by atoms with E-state index in [0.717, 1.165) is 61.1 Å². The van der Waals surface area contributed by atoms with Crippen LogP contribution >= 0.6 is 0 Å². The zero-order valence-corrected chi connectivity index (χ0v) is 17.2. The molecular formula is C23H26N4O3. The number of carbonyl (C=O) groups is 1. The van der Waals surface area contributed by atoms with Gasteiger partial charge in [0, 0.05) is 50.9 Å². The molecule has 2 aromatic heterocycles. The standard InChI is InChI=1S/C23H26N4O3/c1-2-25-9-11-26(12-10-25)23(28)14-18(17-6-7-20-21(13-17)30-16-29-20)19-15-24-22-5-3-4-8-27(19)22/h3-8,13,15,18H,2,9-12,14,16H2,1H3. The first kappa shape index (κ1) is 18.9. The Morgan fingerprint density at radius 1 is 1.10 bits per heavy atom. The number of nitrogens with zero attached hydrogens (tertiary/aromatic N) is 4. The molecule has 0 N–H and O–H groups in total. The normalized spacial score (nSPS) is 17.4. The molecule has 7 nitrogen and oxygen atoms in total. The lowest BCUT2D eigenvalue weighted by atomic mass is 9.91. The molecular weight excluding hydrogens is 380 g/mol. The Balaban J connectivity index is 1.46. The molecule has 1 unspecified atom stereocenters. The number of rotatable bonds is 5. The summed E-state index contributed by atoms with van der Waals surface area (Å²) in [6.45, 7) is 6.88. The number of hydrogen-bond acceptors (Lipinski definition) is 5. The Morgan fingerprint density at radius 2 is 1.93 bits per heavy atom. The van der Waals surface area contributed by atoms with E-state index >= 15 is 0 Å². The first-order valence-electron chi connectivity index (χ1n) is 10.5. The van der Waals surface area contributed by atoms with Crippen LogP contribution in [0.15, 0.2) is 48.8 Å². The predicted molar refractivity (Wildman–Crippen MR) is 113 cm³/mol. The van der Waals surface area contributed by atoms with Crippen LogP contribution in [-0.2, 0) is 4.79 Å². The summed E-state index contributed by atoms with van der Waals surface area (Å²) >= 11 is 0. The number of imidazole rings is 1. The number of piperazine rings is 1. The maximum absolute atomic E-state index is 13.3. The lowest BCUT2D eigenvalue weighted by Crippen LogP contribution is -2.48. The van der Waals surface area contributed by atoms with Crippen LogP contribution in [0.3, 0.4) is 0 Å². The molecule has 7 heteroatoms. The largest absolute Gasteiger partial charge is 0.454 e. The van der Waals surface area contributed by atoms with Crippen LogP contribution in [0.25, 0.3) is 5.65 Å². The minimum atomic E-state index is -0.117. The lowest BCUT2D eigenvalue weighted by molar-refractivity contribution is -0.133. The van der Waals surface area contributed by atoms with Crippen LogP contribution in [-0.4, -0.2) is 64.6 Å². The number of hydrogen-bond donors (Lipinski definition) is 0.